The van der Waals surface area contributed by atoms with Crippen molar-refractivity contribution in [1.29, 1.82) is 0 Å². The number of rotatable bonds is 7. The van der Waals surface area contributed by atoms with Gasteiger partial charge < -0.3 is 36.3 Å². The van der Waals surface area contributed by atoms with Gasteiger partial charge in [-0.15, -0.1) is 24.0 Å². The molecule has 3 aromatic rings. The van der Waals surface area contributed by atoms with Crippen LogP contribution in [0.4, 0.5) is 5.69 Å². The largest absolute Gasteiger partial charge is 0.491 e. The fourth-order valence-electron chi connectivity index (χ4n) is 2.81. The smallest absolute Gasteiger partial charge is 0.122 e. The Labute approximate surface area is 202 Å². The Morgan fingerprint density at radius 1 is 1.28 bits per heavy atom. The number of thioether (sulfide) groups is 1. The molecule has 32 heavy (non-hydrogen) atoms. The van der Waals surface area contributed by atoms with Crippen molar-refractivity contribution in [2.75, 3.05) is 39.2 Å². The summed E-state index contributed by atoms with van der Waals surface area (Å²) in [5, 5.41) is 13.4. The molecule has 8 nitrogen and oxygen atoms in total. The second kappa shape index (κ2) is 15.2. The van der Waals surface area contributed by atoms with Gasteiger partial charge in [0.2, 0.25) is 0 Å². The molecule has 1 aliphatic heterocycles. The van der Waals surface area contributed by atoms with Gasteiger partial charge in [0, 0.05) is 30.4 Å². The van der Waals surface area contributed by atoms with E-state index in [-0.39, 0.29) is 25.0 Å². The molecule has 1 atom stereocenters. The lowest BCUT2D eigenvalue weighted by Crippen LogP contribution is -2.05. The number of aromatic nitrogens is 1. The summed E-state index contributed by atoms with van der Waals surface area (Å²) in [6.45, 7) is 1.97. The number of H-pyrrole nitrogens is 1. The highest BCUT2D eigenvalue weighted by Crippen LogP contribution is 2.32. The van der Waals surface area contributed by atoms with Crippen molar-refractivity contribution < 1.29 is 25.5 Å². The van der Waals surface area contributed by atoms with Crippen LogP contribution in [0, 0.1) is 0 Å². The van der Waals surface area contributed by atoms with Gasteiger partial charge in [-0.1, -0.05) is 25.3 Å². The molecule has 11 heteroatoms. The SMILES string of the molecule is C.COCCOc1cc(N)c2[nH]c(C3=NCC(CCO)S3)cc2c1.O.O.Sc1cccs1. The molecule has 0 aliphatic carbocycles. The van der Waals surface area contributed by atoms with Crippen LogP contribution in [0.15, 0.2) is 44.9 Å². The van der Waals surface area contributed by atoms with Gasteiger partial charge in [0.05, 0.1) is 34.3 Å². The highest BCUT2D eigenvalue weighted by Gasteiger charge is 2.21. The Hall–Kier alpha value is -1.73. The fraction of sp³-hybridized carbons (Fsp3) is 0.381. The number of ether oxygens (including phenoxy) is 2. The third-order valence-electron chi connectivity index (χ3n) is 4.19. The van der Waals surface area contributed by atoms with Crippen molar-refractivity contribution in [2.45, 2.75) is 23.3 Å². The molecule has 180 valence electrons. The Morgan fingerprint density at radius 3 is 2.66 bits per heavy atom. The topological polar surface area (TPSA) is 156 Å². The van der Waals surface area contributed by atoms with Crippen LogP contribution in [0.5, 0.6) is 5.75 Å². The van der Waals surface area contributed by atoms with E-state index in [4.69, 9.17) is 20.3 Å². The van der Waals surface area contributed by atoms with Crippen LogP contribution in [-0.2, 0) is 4.74 Å². The maximum absolute atomic E-state index is 9.04. The molecular weight excluding hydrogens is 470 g/mol. The standard InChI is InChI=1S/C16H21N3O3S.C4H4S2.CH4.2H2O/c1-21-4-5-22-11-6-10-7-14(19-15(10)13(17)8-11)16-18-9-12(23-16)2-3-20;5-4-2-1-3-6-4;;;/h6-8,12,19-20H,2-5,9,17H2,1H3;1-3,5H;1H4;2*1H2. The number of benzene rings is 1. The molecular formula is C21H33N3O5S3. The summed E-state index contributed by atoms with van der Waals surface area (Å²) in [6.07, 6.45) is 0.761. The van der Waals surface area contributed by atoms with Gasteiger partial charge >= 0.3 is 0 Å². The predicted molar refractivity (Wildman–Crippen MR) is 140 cm³/mol. The van der Waals surface area contributed by atoms with Crippen molar-refractivity contribution in [3.8, 4) is 5.75 Å². The molecule has 3 heterocycles. The fourth-order valence-corrected chi connectivity index (χ4v) is 4.61. The minimum Gasteiger partial charge on any atom is -0.491 e. The second-order valence-corrected chi connectivity index (χ2v) is 9.37. The number of aliphatic hydroxyl groups is 1. The van der Waals surface area contributed by atoms with Crippen molar-refractivity contribution >= 4 is 57.4 Å². The van der Waals surface area contributed by atoms with E-state index in [1.54, 1.807) is 30.2 Å². The molecule has 0 saturated heterocycles. The molecule has 8 N–H and O–H groups in total. The molecule has 0 fully saturated rings. The van der Waals surface area contributed by atoms with Gasteiger partial charge in [0.1, 0.15) is 17.4 Å². The molecule has 0 radical (unpaired) electrons. The Kier molecular flexibility index (Phi) is 14.3. The lowest BCUT2D eigenvalue weighted by molar-refractivity contribution is 0.146. The average Bonchev–Trinajstić information content (AvgIpc) is 3.43. The minimum atomic E-state index is 0. The zero-order chi connectivity index (χ0) is 20.6. The number of anilines is 1. The summed E-state index contributed by atoms with van der Waals surface area (Å²) in [7, 11) is 1.64. The highest BCUT2D eigenvalue weighted by molar-refractivity contribution is 8.15. The van der Waals surface area contributed by atoms with Crippen LogP contribution in [0.25, 0.3) is 10.9 Å². The van der Waals surface area contributed by atoms with E-state index in [1.165, 1.54) is 0 Å². The summed E-state index contributed by atoms with van der Waals surface area (Å²) in [6, 6.07) is 9.77. The molecule has 1 unspecified atom stereocenters. The van der Waals surface area contributed by atoms with Gasteiger partial charge in [-0.05, 0) is 30.0 Å². The van der Waals surface area contributed by atoms with Crippen LogP contribution in [0.3, 0.4) is 0 Å². The number of fused-ring (bicyclic) bond motifs is 1. The first-order chi connectivity index (χ1) is 14.1. The van der Waals surface area contributed by atoms with E-state index in [1.807, 2.05) is 35.7 Å². The highest BCUT2D eigenvalue weighted by atomic mass is 32.2. The van der Waals surface area contributed by atoms with Crippen LogP contribution in [-0.4, -0.2) is 64.8 Å². The average molecular weight is 504 g/mol. The van der Waals surface area contributed by atoms with Gasteiger partial charge in [-0.25, -0.2) is 0 Å². The Bertz CT molecular complexity index is 948. The quantitative estimate of drug-likeness (QED) is 0.221. The number of aliphatic imine (C=N–C) groups is 1. The minimum absolute atomic E-state index is 0. The number of aromatic amines is 1. The number of hydrogen-bond acceptors (Lipinski definition) is 8. The molecule has 0 bridgehead atoms. The number of nitrogen functional groups attached to an aromatic ring is 1. The summed E-state index contributed by atoms with van der Waals surface area (Å²) in [5.74, 6) is 0.733. The zero-order valence-corrected chi connectivity index (χ0v) is 19.7. The lowest BCUT2D eigenvalue weighted by Gasteiger charge is -2.06. The van der Waals surface area contributed by atoms with Crippen LogP contribution in [0.2, 0.25) is 0 Å². The summed E-state index contributed by atoms with van der Waals surface area (Å²) >= 11 is 7.40. The second-order valence-electron chi connectivity index (χ2n) is 6.35. The summed E-state index contributed by atoms with van der Waals surface area (Å²) in [5.41, 5.74) is 8.64. The van der Waals surface area contributed by atoms with E-state index < -0.39 is 0 Å². The van der Waals surface area contributed by atoms with E-state index in [0.717, 1.165) is 44.6 Å². The maximum Gasteiger partial charge on any atom is 0.122 e. The molecule has 1 aliphatic rings. The Balaban J connectivity index is 0.000000933. The van der Waals surface area contributed by atoms with Crippen LogP contribution < -0.4 is 10.5 Å². The van der Waals surface area contributed by atoms with E-state index in [9.17, 15) is 0 Å². The number of nitrogens with two attached hydrogens (primary N) is 1. The maximum atomic E-state index is 9.04. The van der Waals surface area contributed by atoms with Crippen LogP contribution in [0.1, 0.15) is 19.5 Å². The first-order valence-corrected chi connectivity index (χ1v) is 11.4. The van der Waals surface area contributed by atoms with Crippen molar-refractivity contribution in [2.24, 2.45) is 4.99 Å². The van der Waals surface area contributed by atoms with E-state index in [2.05, 4.69) is 22.6 Å². The Morgan fingerprint density at radius 2 is 2.06 bits per heavy atom. The summed E-state index contributed by atoms with van der Waals surface area (Å²) < 4.78 is 11.7. The zero-order valence-electron chi connectivity index (χ0n) is 17.1. The normalized spacial score (nSPS) is 14.3. The predicted octanol–water partition coefficient (Wildman–Crippen LogP) is 3.04. The third kappa shape index (κ3) is 8.32. The number of aliphatic hydroxyl groups excluding tert-OH is 1. The monoisotopic (exact) mass is 503 g/mol. The number of thiophene rings is 1. The molecule has 1 aromatic carbocycles. The van der Waals surface area contributed by atoms with Gasteiger partial charge in [-0.3, -0.25) is 4.99 Å². The van der Waals surface area contributed by atoms with Gasteiger partial charge in [-0.2, -0.15) is 0 Å². The molecule has 0 saturated carbocycles. The number of nitrogens with one attached hydrogen (secondary N) is 1. The van der Waals surface area contributed by atoms with Crippen molar-refractivity contribution in [3.63, 3.8) is 0 Å². The van der Waals surface area contributed by atoms with Crippen molar-refractivity contribution in [1.82, 2.24) is 4.98 Å². The first-order valence-electron chi connectivity index (χ1n) is 9.19. The number of hydrogen-bond donors (Lipinski definition) is 4. The molecule has 0 spiro atoms. The molecule has 4 rings (SSSR count). The molecule has 0 amide bonds. The first kappa shape index (κ1) is 30.3. The number of nitrogens with zero attached hydrogens (tertiary/aromatic N) is 1. The third-order valence-corrected chi connectivity index (χ3v) is 6.62. The van der Waals surface area contributed by atoms with E-state index >= 15 is 0 Å². The van der Waals surface area contributed by atoms with Crippen LogP contribution >= 0.6 is 35.7 Å². The summed E-state index contributed by atoms with van der Waals surface area (Å²) in [4.78, 5) is 7.91. The van der Waals surface area contributed by atoms with Gasteiger partial charge in [0.15, 0.2) is 0 Å². The van der Waals surface area contributed by atoms with E-state index in [0.29, 0.717) is 24.2 Å². The number of thiol groups is 1. The van der Waals surface area contributed by atoms with Gasteiger partial charge in [0.25, 0.3) is 0 Å². The number of methoxy groups -OCH3 is 1. The lowest BCUT2D eigenvalue weighted by atomic mass is 10.2. The van der Waals surface area contributed by atoms with Crippen molar-refractivity contribution in [3.05, 3.63) is 41.4 Å². The molecule has 2 aromatic heterocycles.